The summed E-state index contributed by atoms with van der Waals surface area (Å²) in [6.07, 6.45) is 0.839. The third kappa shape index (κ3) is 2.85. The number of hydrogen-bond acceptors (Lipinski definition) is 4. The van der Waals surface area contributed by atoms with Crippen molar-refractivity contribution in [3.05, 3.63) is 23.8 Å². The van der Waals surface area contributed by atoms with E-state index < -0.39 is 0 Å². The number of nitrogens with one attached hydrogen (secondary N) is 2. The molecule has 1 aromatic rings. The maximum Gasteiger partial charge on any atom is 0.229 e. The molecule has 1 fully saturated rings. The standard InChI is InChI=1S/C14H17N3O2/c1-9-11(5-6-16-9)14(18)17-12-4-3-10(8-15)7-13(12)19-2/h3-4,7,9,11,16H,5-6H2,1-2H3,(H,17,18). The van der Waals surface area contributed by atoms with Crippen molar-refractivity contribution in [3.8, 4) is 11.8 Å². The number of rotatable bonds is 3. The fraction of sp³-hybridized carbons (Fsp3) is 0.429. The summed E-state index contributed by atoms with van der Waals surface area (Å²) in [6.45, 7) is 2.87. The molecule has 5 nitrogen and oxygen atoms in total. The first kappa shape index (κ1) is 13.4. The molecule has 19 heavy (non-hydrogen) atoms. The molecule has 0 radical (unpaired) electrons. The maximum absolute atomic E-state index is 12.2. The number of amides is 1. The summed E-state index contributed by atoms with van der Waals surface area (Å²) in [4.78, 5) is 12.2. The number of nitriles is 1. The van der Waals surface area contributed by atoms with Crippen molar-refractivity contribution in [1.82, 2.24) is 5.32 Å². The predicted molar refractivity (Wildman–Crippen MR) is 71.9 cm³/mol. The molecular weight excluding hydrogens is 242 g/mol. The van der Waals surface area contributed by atoms with Gasteiger partial charge in [-0.15, -0.1) is 0 Å². The second kappa shape index (κ2) is 5.72. The predicted octanol–water partition coefficient (Wildman–Crippen LogP) is 1.50. The van der Waals surface area contributed by atoms with Gasteiger partial charge in [0.2, 0.25) is 5.91 Å². The third-order valence-corrected chi connectivity index (χ3v) is 3.45. The molecule has 1 saturated heterocycles. The first-order valence-electron chi connectivity index (χ1n) is 6.28. The molecular formula is C14H17N3O2. The van der Waals surface area contributed by atoms with Crippen LogP contribution in [0.15, 0.2) is 18.2 Å². The molecule has 2 rings (SSSR count). The van der Waals surface area contributed by atoms with Crippen LogP contribution in [0.5, 0.6) is 5.75 Å². The Morgan fingerprint density at radius 3 is 2.95 bits per heavy atom. The first-order valence-corrected chi connectivity index (χ1v) is 6.28. The number of carbonyl (C=O) groups is 1. The van der Waals surface area contributed by atoms with Gasteiger partial charge < -0.3 is 15.4 Å². The Bertz CT molecular complexity index is 522. The highest BCUT2D eigenvalue weighted by Crippen LogP contribution is 2.27. The van der Waals surface area contributed by atoms with E-state index in [4.69, 9.17) is 10.00 Å². The van der Waals surface area contributed by atoms with Crippen LogP contribution in [0.1, 0.15) is 18.9 Å². The van der Waals surface area contributed by atoms with Gasteiger partial charge in [-0.05, 0) is 32.0 Å². The van der Waals surface area contributed by atoms with Crippen LogP contribution in [0.3, 0.4) is 0 Å². The fourth-order valence-electron chi connectivity index (χ4n) is 2.31. The summed E-state index contributed by atoms with van der Waals surface area (Å²) in [7, 11) is 1.52. The van der Waals surface area contributed by atoms with Gasteiger partial charge in [-0.25, -0.2) is 0 Å². The third-order valence-electron chi connectivity index (χ3n) is 3.45. The second-order valence-corrected chi connectivity index (χ2v) is 4.65. The van der Waals surface area contributed by atoms with E-state index in [9.17, 15) is 4.79 Å². The van der Waals surface area contributed by atoms with E-state index in [0.29, 0.717) is 17.0 Å². The van der Waals surface area contributed by atoms with Crippen LogP contribution in [-0.4, -0.2) is 25.6 Å². The van der Waals surface area contributed by atoms with Gasteiger partial charge in [-0.2, -0.15) is 5.26 Å². The van der Waals surface area contributed by atoms with Crippen molar-refractivity contribution in [2.24, 2.45) is 5.92 Å². The van der Waals surface area contributed by atoms with Crippen LogP contribution in [0.2, 0.25) is 0 Å². The highest BCUT2D eigenvalue weighted by atomic mass is 16.5. The van der Waals surface area contributed by atoms with E-state index in [1.807, 2.05) is 13.0 Å². The van der Waals surface area contributed by atoms with Gasteiger partial charge in [-0.3, -0.25) is 4.79 Å². The normalized spacial score (nSPS) is 21.7. The molecule has 1 amide bonds. The summed E-state index contributed by atoms with van der Waals surface area (Å²) in [5.41, 5.74) is 1.11. The SMILES string of the molecule is COc1cc(C#N)ccc1NC(=O)C1CCNC1C. The molecule has 2 N–H and O–H groups in total. The van der Waals surface area contributed by atoms with E-state index in [1.165, 1.54) is 7.11 Å². The Morgan fingerprint density at radius 1 is 1.58 bits per heavy atom. The number of nitrogens with zero attached hydrogens (tertiary/aromatic N) is 1. The van der Waals surface area contributed by atoms with Crippen LogP contribution < -0.4 is 15.4 Å². The van der Waals surface area contributed by atoms with Crippen LogP contribution in [0.25, 0.3) is 0 Å². The molecule has 0 spiro atoms. The van der Waals surface area contributed by atoms with Gasteiger partial charge in [-0.1, -0.05) is 0 Å². The number of benzene rings is 1. The minimum Gasteiger partial charge on any atom is -0.495 e. The Morgan fingerprint density at radius 2 is 2.37 bits per heavy atom. The Hall–Kier alpha value is -2.06. The fourth-order valence-corrected chi connectivity index (χ4v) is 2.31. The maximum atomic E-state index is 12.2. The molecule has 2 unspecified atom stereocenters. The smallest absolute Gasteiger partial charge is 0.229 e. The van der Waals surface area contributed by atoms with Crippen LogP contribution in [-0.2, 0) is 4.79 Å². The summed E-state index contributed by atoms with van der Waals surface area (Å²) >= 11 is 0. The monoisotopic (exact) mass is 259 g/mol. The minimum absolute atomic E-state index is 0.0134. The zero-order valence-electron chi connectivity index (χ0n) is 11.1. The van der Waals surface area contributed by atoms with Crippen molar-refractivity contribution in [3.63, 3.8) is 0 Å². The lowest BCUT2D eigenvalue weighted by molar-refractivity contribution is -0.120. The molecule has 0 bridgehead atoms. The van der Waals surface area contributed by atoms with Gasteiger partial charge in [0.15, 0.2) is 0 Å². The van der Waals surface area contributed by atoms with Gasteiger partial charge in [0, 0.05) is 12.1 Å². The van der Waals surface area contributed by atoms with Crippen LogP contribution in [0.4, 0.5) is 5.69 Å². The topological polar surface area (TPSA) is 74.1 Å². The molecule has 1 aromatic carbocycles. The molecule has 5 heteroatoms. The molecule has 2 atom stereocenters. The van der Waals surface area contributed by atoms with Crippen LogP contribution in [0, 0.1) is 17.2 Å². The zero-order valence-corrected chi connectivity index (χ0v) is 11.1. The highest BCUT2D eigenvalue weighted by Gasteiger charge is 2.29. The quantitative estimate of drug-likeness (QED) is 0.862. The Kier molecular flexibility index (Phi) is 4.03. The summed E-state index contributed by atoms with van der Waals surface area (Å²) in [5, 5.41) is 15.0. The largest absolute Gasteiger partial charge is 0.495 e. The van der Waals surface area contributed by atoms with Gasteiger partial charge in [0.25, 0.3) is 0 Å². The molecule has 0 saturated carbocycles. The first-order chi connectivity index (χ1) is 9.15. The average Bonchev–Trinajstić information content (AvgIpc) is 2.85. The molecule has 0 aromatic heterocycles. The van der Waals surface area contributed by atoms with E-state index >= 15 is 0 Å². The Balaban J connectivity index is 2.14. The van der Waals surface area contributed by atoms with E-state index in [-0.39, 0.29) is 17.9 Å². The number of methoxy groups -OCH3 is 1. The highest BCUT2D eigenvalue weighted by molar-refractivity contribution is 5.94. The van der Waals surface area contributed by atoms with Gasteiger partial charge in [0.05, 0.1) is 30.3 Å². The number of carbonyl (C=O) groups excluding carboxylic acids is 1. The van der Waals surface area contributed by atoms with E-state index in [0.717, 1.165) is 13.0 Å². The van der Waals surface area contributed by atoms with E-state index in [2.05, 4.69) is 10.6 Å². The van der Waals surface area contributed by atoms with Crippen LogP contribution >= 0.6 is 0 Å². The van der Waals surface area contributed by atoms with Crippen molar-refractivity contribution >= 4 is 11.6 Å². The van der Waals surface area contributed by atoms with E-state index in [1.54, 1.807) is 18.2 Å². The van der Waals surface area contributed by atoms with Crippen molar-refractivity contribution < 1.29 is 9.53 Å². The molecule has 1 aliphatic rings. The minimum atomic E-state index is -0.0275. The summed E-state index contributed by atoms with van der Waals surface area (Å²) < 4.78 is 5.20. The average molecular weight is 259 g/mol. The van der Waals surface area contributed by atoms with Crippen molar-refractivity contribution in [2.75, 3.05) is 19.0 Å². The lowest BCUT2D eigenvalue weighted by Gasteiger charge is -2.16. The number of anilines is 1. The lowest BCUT2D eigenvalue weighted by atomic mass is 10.0. The van der Waals surface area contributed by atoms with Gasteiger partial charge >= 0.3 is 0 Å². The molecule has 0 aliphatic carbocycles. The zero-order chi connectivity index (χ0) is 13.8. The lowest BCUT2D eigenvalue weighted by Crippen LogP contribution is -2.32. The number of hydrogen-bond donors (Lipinski definition) is 2. The summed E-state index contributed by atoms with van der Waals surface area (Å²) in [5.74, 6) is 0.465. The number of ether oxygens (including phenoxy) is 1. The van der Waals surface area contributed by atoms with Gasteiger partial charge in [0.1, 0.15) is 5.75 Å². The molecule has 1 aliphatic heterocycles. The molecule has 100 valence electrons. The summed E-state index contributed by atoms with van der Waals surface area (Å²) in [6, 6.07) is 7.20. The van der Waals surface area contributed by atoms with Crippen molar-refractivity contribution in [2.45, 2.75) is 19.4 Å². The molecule has 1 heterocycles. The second-order valence-electron chi connectivity index (χ2n) is 4.65. The van der Waals surface area contributed by atoms with Crippen molar-refractivity contribution in [1.29, 1.82) is 5.26 Å². The Labute approximate surface area is 112 Å².